The molecule has 7 heteroatoms. The van der Waals surface area contributed by atoms with Crippen molar-refractivity contribution >= 4 is 23.4 Å². The first-order valence-corrected chi connectivity index (χ1v) is 11.1. The van der Waals surface area contributed by atoms with Gasteiger partial charge in [-0.2, -0.15) is 0 Å². The van der Waals surface area contributed by atoms with E-state index in [1.165, 1.54) is 25.7 Å². The molecule has 2 atom stereocenters. The lowest BCUT2D eigenvalue weighted by Crippen LogP contribution is -2.44. The molecule has 7 nitrogen and oxygen atoms in total. The lowest BCUT2D eigenvalue weighted by molar-refractivity contribution is -0.125. The van der Waals surface area contributed by atoms with Crippen molar-refractivity contribution in [2.45, 2.75) is 51.5 Å². The molecule has 0 radical (unpaired) electrons. The molecule has 2 N–H and O–H groups in total. The molecule has 1 aromatic rings. The zero-order valence-corrected chi connectivity index (χ0v) is 17.6. The number of nitrogens with one attached hydrogen (secondary N) is 2. The van der Waals surface area contributed by atoms with Crippen LogP contribution in [-0.4, -0.2) is 55.0 Å². The zero-order valence-electron chi connectivity index (χ0n) is 17.6. The first-order chi connectivity index (χ1) is 14.5. The van der Waals surface area contributed by atoms with Gasteiger partial charge in [0.05, 0.1) is 25.2 Å². The number of nitrogens with zero attached hydrogens (tertiary/aromatic N) is 1. The van der Waals surface area contributed by atoms with Crippen LogP contribution in [0.3, 0.4) is 0 Å². The molecule has 0 aromatic heterocycles. The third-order valence-electron chi connectivity index (χ3n) is 6.54. The van der Waals surface area contributed by atoms with Gasteiger partial charge in [-0.05, 0) is 37.0 Å². The Morgan fingerprint density at radius 3 is 2.80 bits per heavy atom. The molecule has 1 saturated carbocycles. The number of anilines is 1. The summed E-state index contributed by atoms with van der Waals surface area (Å²) in [5.74, 6) is 0.164. The molecule has 30 heavy (non-hydrogen) atoms. The molecule has 1 aromatic carbocycles. The molecule has 0 unspecified atom stereocenters. The Morgan fingerprint density at radius 2 is 2.00 bits per heavy atom. The minimum absolute atomic E-state index is 0.00542. The first-order valence-electron chi connectivity index (χ1n) is 11.1. The fraction of sp³-hybridized carbons (Fsp3) is 0.609. The molecule has 2 saturated heterocycles. The second-order valence-electron chi connectivity index (χ2n) is 8.92. The van der Waals surface area contributed by atoms with E-state index in [1.807, 2.05) is 13.0 Å². The smallest absolute Gasteiger partial charge is 0.254 e. The van der Waals surface area contributed by atoms with E-state index in [0.29, 0.717) is 49.9 Å². The maximum atomic E-state index is 13.2. The summed E-state index contributed by atoms with van der Waals surface area (Å²) in [6.45, 7) is 3.46. The summed E-state index contributed by atoms with van der Waals surface area (Å²) in [6, 6.07) is 5.23. The van der Waals surface area contributed by atoms with Crippen LogP contribution in [0.5, 0.6) is 0 Å². The summed E-state index contributed by atoms with van der Waals surface area (Å²) >= 11 is 0. The highest BCUT2D eigenvalue weighted by atomic mass is 16.5. The van der Waals surface area contributed by atoms with Gasteiger partial charge in [0.1, 0.15) is 0 Å². The Morgan fingerprint density at radius 1 is 1.20 bits per heavy atom. The highest BCUT2D eigenvalue weighted by Crippen LogP contribution is 2.29. The zero-order chi connectivity index (χ0) is 21.1. The van der Waals surface area contributed by atoms with E-state index in [1.54, 1.807) is 17.0 Å². The lowest BCUT2D eigenvalue weighted by Gasteiger charge is -2.28. The average Bonchev–Trinajstić information content (AvgIpc) is 3.11. The Kier molecular flexibility index (Phi) is 6.37. The largest absolute Gasteiger partial charge is 0.378 e. The van der Waals surface area contributed by atoms with Crippen LogP contribution in [0.1, 0.15) is 54.4 Å². The van der Waals surface area contributed by atoms with E-state index < -0.39 is 0 Å². The molecular weight excluding hydrogens is 382 g/mol. The summed E-state index contributed by atoms with van der Waals surface area (Å²) in [5, 5.41) is 5.94. The molecular formula is C23H31N3O4. The van der Waals surface area contributed by atoms with Crippen molar-refractivity contribution in [1.29, 1.82) is 0 Å². The number of ether oxygens (including phenoxy) is 1. The minimum Gasteiger partial charge on any atom is -0.378 e. The second kappa shape index (κ2) is 9.16. The van der Waals surface area contributed by atoms with Gasteiger partial charge in [0.2, 0.25) is 11.8 Å². The van der Waals surface area contributed by atoms with Gasteiger partial charge in [0.25, 0.3) is 5.91 Å². The number of rotatable bonds is 5. The number of carbonyl (C=O) groups excluding carboxylic acids is 3. The van der Waals surface area contributed by atoms with Crippen LogP contribution in [-0.2, 0) is 14.3 Å². The van der Waals surface area contributed by atoms with E-state index in [2.05, 4.69) is 10.6 Å². The Hall–Kier alpha value is -2.41. The van der Waals surface area contributed by atoms with Crippen LogP contribution in [0.15, 0.2) is 18.2 Å². The molecule has 1 aliphatic carbocycles. The molecule has 2 heterocycles. The summed E-state index contributed by atoms with van der Waals surface area (Å²) in [5.41, 5.74) is 2.14. The second-order valence-corrected chi connectivity index (χ2v) is 8.92. The predicted molar refractivity (Wildman–Crippen MR) is 113 cm³/mol. The average molecular weight is 414 g/mol. The summed E-state index contributed by atoms with van der Waals surface area (Å²) < 4.78 is 5.54. The molecule has 4 rings (SSSR count). The summed E-state index contributed by atoms with van der Waals surface area (Å²) in [4.78, 5) is 39.6. The van der Waals surface area contributed by atoms with Crippen molar-refractivity contribution in [2.75, 3.05) is 31.6 Å². The fourth-order valence-corrected chi connectivity index (χ4v) is 4.71. The first kappa shape index (κ1) is 20.8. The molecule has 0 spiro atoms. The fourth-order valence-electron chi connectivity index (χ4n) is 4.71. The molecule has 3 fully saturated rings. The van der Waals surface area contributed by atoms with E-state index in [4.69, 9.17) is 4.74 Å². The molecule has 2 aliphatic heterocycles. The van der Waals surface area contributed by atoms with Crippen molar-refractivity contribution in [3.8, 4) is 0 Å². The third-order valence-corrected chi connectivity index (χ3v) is 6.54. The summed E-state index contributed by atoms with van der Waals surface area (Å²) in [6.07, 6.45) is 6.48. The van der Waals surface area contributed by atoms with Gasteiger partial charge >= 0.3 is 0 Å². The normalized spacial score (nSPS) is 24.3. The maximum Gasteiger partial charge on any atom is 0.254 e. The number of hydrogen-bond acceptors (Lipinski definition) is 4. The lowest BCUT2D eigenvalue weighted by atomic mass is 10.0. The van der Waals surface area contributed by atoms with E-state index in [0.717, 1.165) is 12.0 Å². The monoisotopic (exact) mass is 413 g/mol. The Balaban J connectivity index is 1.42. The van der Waals surface area contributed by atoms with Crippen molar-refractivity contribution in [3.63, 3.8) is 0 Å². The standard InChI is InChI=1S/C23H31N3O4/c1-15-6-8-17(10-20(15)25-21(27)9-7-16-4-2-3-5-16)23(29)26-11-18-13-30-14-19(12-26)24-22(18)28/h6,8,10,16,18-19H,2-5,7,9,11-14H2,1H3,(H,24,28)(H,25,27)/t18-,19+/m1/s1. The maximum absolute atomic E-state index is 13.2. The van der Waals surface area contributed by atoms with Crippen molar-refractivity contribution in [2.24, 2.45) is 11.8 Å². The minimum atomic E-state index is -0.346. The highest BCUT2D eigenvalue weighted by molar-refractivity contribution is 5.98. The van der Waals surface area contributed by atoms with Gasteiger partial charge in [-0.1, -0.05) is 31.7 Å². The molecule has 2 bridgehead atoms. The van der Waals surface area contributed by atoms with E-state index in [9.17, 15) is 14.4 Å². The van der Waals surface area contributed by atoms with Crippen LogP contribution >= 0.6 is 0 Å². The highest BCUT2D eigenvalue weighted by Gasteiger charge is 2.35. The summed E-state index contributed by atoms with van der Waals surface area (Å²) in [7, 11) is 0. The predicted octanol–water partition coefficient (Wildman–Crippen LogP) is 2.49. The van der Waals surface area contributed by atoms with Gasteiger partial charge < -0.3 is 20.3 Å². The SMILES string of the molecule is Cc1ccc(C(=O)N2C[C@H]3COC[C@@H](C2)C(=O)N3)cc1NC(=O)CCC1CCCC1. The number of hydrogen-bond donors (Lipinski definition) is 2. The van der Waals surface area contributed by atoms with E-state index in [-0.39, 0.29) is 29.7 Å². The quantitative estimate of drug-likeness (QED) is 0.776. The van der Waals surface area contributed by atoms with Crippen molar-refractivity contribution in [1.82, 2.24) is 10.2 Å². The van der Waals surface area contributed by atoms with Gasteiger partial charge in [0, 0.05) is 30.8 Å². The van der Waals surface area contributed by atoms with Crippen molar-refractivity contribution in [3.05, 3.63) is 29.3 Å². The Labute approximate surface area is 177 Å². The number of carbonyl (C=O) groups is 3. The number of fused-ring (bicyclic) bond motifs is 3. The van der Waals surface area contributed by atoms with Crippen molar-refractivity contribution < 1.29 is 19.1 Å². The molecule has 3 amide bonds. The van der Waals surface area contributed by atoms with E-state index >= 15 is 0 Å². The molecule has 3 aliphatic rings. The van der Waals surface area contributed by atoms with Gasteiger partial charge in [0.15, 0.2) is 0 Å². The molecule has 162 valence electrons. The van der Waals surface area contributed by atoms with Gasteiger partial charge in [-0.25, -0.2) is 0 Å². The van der Waals surface area contributed by atoms with Gasteiger partial charge in [-0.15, -0.1) is 0 Å². The topological polar surface area (TPSA) is 87.7 Å². The van der Waals surface area contributed by atoms with Crippen LogP contribution in [0, 0.1) is 18.8 Å². The van der Waals surface area contributed by atoms with Crippen LogP contribution < -0.4 is 10.6 Å². The van der Waals surface area contributed by atoms with Crippen LogP contribution in [0.4, 0.5) is 5.69 Å². The number of benzene rings is 1. The van der Waals surface area contributed by atoms with Crippen LogP contribution in [0.2, 0.25) is 0 Å². The number of amides is 3. The number of aryl methyl sites for hydroxylation is 1. The van der Waals surface area contributed by atoms with Crippen LogP contribution in [0.25, 0.3) is 0 Å². The third kappa shape index (κ3) is 4.83. The Bertz CT molecular complexity index is 819. The van der Waals surface area contributed by atoms with Gasteiger partial charge in [-0.3, -0.25) is 14.4 Å².